The van der Waals surface area contributed by atoms with Crippen LogP contribution in [-0.4, -0.2) is 40.7 Å². The van der Waals surface area contributed by atoms with Crippen LogP contribution in [0.25, 0.3) is 0 Å². The van der Waals surface area contributed by atoms with E-state index in [4.69, 9.17) is 4.74 Å². The number of nitro groups is 2. The van der Waals surface area contributed by atoms with Gasteiger partial charge in [-0.2, -0.15) is 0 Å². The summed E-state index contributed by atoms with van der Waals surface area (Å²) < 4.78 is 23.2. The minimum absolute atomic E-state index is 0.236. The summed E-state index contributed by atoms with van der Waals surface area (Å²) in [6.07, 6.45) is 0.157. The van der Waals surface area contributed by atoms with Gasteiger partial charge in [0.2, 0.25) is 0 Å². The highest BCUT2D eigenvalue weighted by Gasteiger charge is 2.21. The van der Waals surface area contributed by atoms with E-state index < -0.39 is 56.9 Å². The summed E-state index contributed by atoms with van der Waals surface area (Å²) in [4.78, 5) is 43.0. The molecule has 0 unspecified atom stereocenters. The molecule has 1 aromatic carbocycles. The highest BCUT2D eigenvalue weighted by Crippen LogP contribution is 2.23. The normalized spacial score (nSPS) is 11.5. The number of benzene rings is 1. The van der Waals surface area contributed by atoms with E-state index in [-0.39, 0.29) is 6.54 Å². The van der Waals surface area contributed by atoms with Crippen molar-refractivity contribution in [2.24, 2.45) is 0 Å². The minimum atomic E-state index is -1.18. The lowest BCUT2D eigenvalue weighted by Gasteiger charge is -2.19. The van der Waals surface area contributed by atoms with Crippen LogP contribution in [0.2, 0.25) is 0 Å². The highest BCUT2D eigenvalue weighted by atomic mass is 19.1. The van der Waals surface area contributed by atoms with Gasteiger partial charge < -0.3 is 14.8 Å². The molecule has 12 heteroatoms. The average molecular weight is 399 g/mol. The van der Waals surface area contributed by atoms with Gasteiger partial charge in [0.25, 0.3) is 11.4 Å². The SMILES string of the molecule is CC(C)(C)OC(=O)NC/C=C(\F)COC(=O)c1cc([N+](=O)[O-])cc([N+](=O)[O-])c1. The monoisotopic (exact) mass is 399 g/mol. The molecule has 0 bridgehead atoms. The van der Waals surface area contributed by atoms with Gasteiger partial charge in [-0.3, -0.25) is 20.2 Å². The average Bonchev–Trinajstić information content (AvgIpc) is 2.57. The van der Waals surface area contributed by atoms with Crippen LogP contribution in [0.5, 0.6) is 0 Å². The summed E-state index contributed by atoms with van der Waals surface area (Å²) in [5.41, 5.74) is -2.55. The molecule has 0 atom stereocenters. The molecule has 1 rings (SSSR count). The maximum atomic E-state index is 13.7. The van der Waals surface area contributed by atoms with Crippen LogP contribution in [0.3, 0.4) is 0 Å². The zero-order valence-electron chi connectivity index (χ0n) is 15.3. The van der Waals surface area contributed by atoms with E-state index >= 15 is 0 Å². The summed E-state index contributed by atoms with van der Waals surface area (Å²) in [6.45, 7) is 3.90. The first-order chi connectivity index (χ1) is 12.9. The van der Waals surface area contributed by atoms with E-state index in [9.17, 15) is 34.2 Å². The van der Waals surface area contributed by atoms with Crippen molar-refractivity contribution in [1.29, 1.82) is 0 Å². The van der Waals surface area contributed by atoms with Gasteiger partial charge in [0.15, 0.2) is 0 Å². The number of rotatable bonds is 7. The molecule has 0 saturated heterocycles. The second-order valence-electron chi connectivity index (χ2n) is 6.36. The summed E-state index contributed by atoms with van der Waals surface area (Å²) in [7, 11) is 0. The fourth-order valence-corrected chi connectivity index (χ4v) is 1.76. The molecule has 1 N–H and O–H groups in total. The number of nitrogens with one attached hydrogen (secondary N) is 1. The molecule has 152 valence electrons. The van der Waals surface area contributed by atoms with Crippen LogP contribution < -0.4 is 5.32 Å². The molecule has 1 aromatic rings. The molecular formula is C16H18FN3O8. The van der Waals surface area contributed by atoms with Gasteiger partial charge >= 0.3 is 12.1 Å². The Bertz CT molecular complexity index is 784. The van der Waals surface area contributed by atoms with Gasteiger partial charge in [0.1, 0.15) is 18.0 Å². The Balaban J connectivity index is 2.67. The third kappa shape index (κ3) is 7.76. The smallest absolute Gasteiger partial charge is 0.407 e. The predicted molar refractivity (Wildman–Crippen MR) is 93.5 cm³/mol. The Hall–Kier alpha value is -3.57. The molecule has 0 fully saturated rings. The van der Waals surface area contributed by atoms with E-state index in [0.29, 0.717) is 6.07 Å². The number of alkyl carbamates (subject to hydrolysis) is 1. The third-order valence-electron chi connectivity index (χ3n) is 2.87. The zero-order chi connectivity index (χ0) is 21.5. The Morgan fingerprint density at radius 3 is 2.14 bits per heavy atom. The number of nitrogens with zero attached hydrogens (tertiary/aromatic N) is 2. The summed E-state index contributed by atoms with van der Waals surface area (Å²) in [6, 6.07) is 2.24. The van der Waals surface area contributed by atoms with Gasteiger partial charge in [-0.15, -0.1) is 0 Å². The minimum Gasteiger partial charge on any atom is -0.455 e. The van der Waals surface area contributed by atoms with Crippen LogP contribution in [0, 0.1) is 20.2 Å². The second-order valence-corrected chi connectivity index (χ2v) is 6.36. The summed E-state index contributed by atoms with van der Waals surface area (Å²) >= 11 is 0. The van der Waals surface area contributed by atoms with Gasteiger partial charge in [-0.05, 0) is 26.8 Å². The molecule has 0 aliphatic carbocycles. The number of esters is 1. The number of carbonyl (C=O) groups excluding carboxylic acids is 2. The summed E-state index contributed by atoms with van der Waals surface area (Å²) in [5.74, 6) is -2.10. The Morgan fingerprint density at radius 2 is 1.68 bits per heavy atom. The lowest BCUT2D eigenvalue weighted by atomic mass is 10.2. The molecule has 0 spiro atoms. The van der Waals surface area contributed by atoms with Crippen molar-refractivity contribution in [2.45, 2.75) is 26.4 Å². The van der Waals surface area contributed by atoms with Crippen molar-refractivity contribution in [3.63, 3.8) is 0 Å². The first kappa shape index (κ1) is 22.5. The van der Waals surface area contributed by atoms with Crippen molar-refractivity contribution in [1.82, 2.24) is 5.32 Å². The van der Waals surface area contributed by atoms with Crippen LogP contribution in [0.15, 0.2) is 30.1 Å². The fourth-order valence-electron chi connectivity index (χ4n) is 1.76. The molecule has 0 radical (unpaired) electrons. The van der Waals surface area contributed by atoms with Gasteiger partial charge in [-0.1, -0.05) is 0 Å². The lowest BCUT2D eigenvalue weighted by Crippen LogP contribution is -2.32. The number of non-ortho nitro benzene ring substituents is 2. The predicted octanol–water partition coefficient (Wildman–Crippen LogP) is 3.04. The van der Waals surface area contributed by atoms with Crippen molar-refractivity contribution >= 4 is 23.4 Å². The fraction of sp³-hybridized carbons (Fsp3) is 0.375. The quantitative estimate of drug-likeness (QED) is 0.417. The van der Waals surface area contributed by atoms with Gasteiger partial charge in [-0.25, -0.2) is 14.0 Å². The van der Waals surface area contributed by atoms with E-state index in [1.807, 2.05) is 0 Å². The van der Waals surface area contributed by atoms with E-state index in [1.165, 1.54) is 0 Å². The van der Waals surface area contributed by atoms with Crippen LogP contribution in [0.1, 0.15) is 31.1 Å². The zero-order valence-corrected chi connectivity index (χ0v) is 15.3. The Morgan fingerprint density at radius 1 is 1.14 bits per heavy atom. The first-order valence-electron chi connectivity index (χ1n) is 7.81. The molecule has 0 heterocycles. The molecule has 0 saturated carbocycles. The lowest BCUT2D eigenvalue weighted by molar-refractivity contribution is -0.394. The molecular weight excluding hydrogens is 381 g/mol. The van der Waals surface area contributed by atoms with Gasteiger partial charge in [0.05, 0.1) is 21.5 Å². The number of amides is 1. The maximum Gasteiger partial charge on any atom is 0.407 e. The number of carbonyl (C=O) groups is 2. The Kier molecular flexibility index (Phi) is 7.54. The van der Waals surface area contributed by atoms with Crippen molar-refractivity contribution in [3.8, 4) is 0 Å². The number of nitro benzene ring substituents is 2. The maximum absolute atomic E-state index is 13.7. The first-order valence-corrected chi connectivity index (χ1v) is 7.81. The van der Waals surface area contributed by atoms with Gasteiger partial charge in [0, 0.05) is 18.7 Å². The number of halogens is 1. The molecule has 0 aromatic heterocycles. The highest BCUT2D eigenvalue weighted by molar-refractivity contribution is 5.91. The molecule has 1 amide bonds. The number of hydrogen-bond acceptors (Lipinski definition) is 8. The summed E-state index contributed by atoms with van der Waals surface area (Å²) in [5, 5.41) is 23.8. The molecule has 0 aliphatic heterocycles. The van der Waals surface area contributed by atoms with E-state index in [2.05, 4.69) is 10.1 Å². The largest absolute Gasteiger partial charge is 0.455 e. The topological polar surface area (TPSA) is 151 Å². The number of hydrogen-bond donors (Lipinski definition) is 1. The molecule has 11 nitrogen and oxygen atoms in total. The van der Waals surface area contributed by atoms with Crippen LogP contribution >= 0.6 is 0 Å². The van der Waals surface area contributed by atoms with Crippen LogP contribution in [0.4, 0.5) is 20.6 Å². The van der Waals surface area contributed by atoms with Crippen LogP contribution in [-0.2, 0) is 9.47 Å². The third-order valence-corrected chi connectivity index (χ3v) is 2.87. The van der Waals surface area contributed by atoms with Crippen molar-refractivity contribution < 1.29 is 33.3 Å². The Labute approximate surface area is 158 Å². The molecule has 0 aliphatic rings. The van der Waals surface area contributed by atoms with E-state index in [1.54, 1.807) is 20.8 Å². The van der Waals surface area contributed by atoms with Crippen molar-refractivity contribution in [3.05, 3.63) is 55.9 Å². The molecule has 28 heavy (non-hydrogen) atoms. The standard InChI is InChI=1S/C16H18FN3O8/c1-16(2,3)28-15(22)18-5-4-11(17)9-27-14(21)10-6-12(19(23)24)8-13(7-10)20(25)26/h4,6-8H,5,9H2,1-3H3,(H,18,22)/b11-4-. The number of ether oxygens (including phenoxy) is 2. The second kappa shape index (κ2) is 9.39. The van der Waals surface area contributed by atoms with Crippen molar-refractivity contribution in [2.75, 3.05) is 13.2 Å². The van der Waals surface area contributed by atoms with E-state index in [0.717, 1.165) is 18.2 Å².